The highest BCUT2D eigenvalue weighted by molar-refractivity contribution is 7.99. The summed E-state index contributed by atoms with van der Waals surface area (Å²) in [6.45, 7) is 1.64. The van der Waals surface area contributed by atoms with Gasteiger partial charge in [-0.2, -0.15) is 0 Å². The van der Waals surface area contributed by atoms with Crippen LogP contribution in [0.1, 0.15) is 40.0 Å². The minimum atomic E-state index is -0.143. The molecule has 3 N–H and O–H groups in total. The quantitative estimate of drug-likeness (QED) is 0.779. The first-order valence-corrected chi connectivity index (χ1v) is 9.76. The fraction of sp³-hybridized carbons (Fsp3) is 0.300. The fourth-order valence-corrected chi connectivity index (χ4v) is 4.34. The molecule has 2 aromatic carbocycles. The normalized spacial score (nSPS) is 18.9. The van der Waals surface area contributed by atoms with E-state index in [2.05, 4.69) is 16.0 Å². The van der Waals surface area contributed by atoms with Gasteiger partial charge in [0, 0.05) is 27.9 Å². The van der Waals surface area contributed by atoms with Gasteiger partial charge < -0.3 is 16.0 Å². The van der Waals surface area contributed by atoms with Crippen LogP contribution in [0.2, 0.25) is 0 Å². The molecule has 0 saturated carbocycles. The highest BCUT2D eigenvalue weighted by atomic mass is 32.2. The van der Waals surface area contributed by atoms with E-state index >= 15 is 0 Å². The van der Waals surface area contributed by atoms with Crippen molar-refractivity contribution in [1.82, 2.24) is 10.6 Å². The summed E-state index contributed by atoms with van der Waals surface area (Å²) in [5.74, 6) is -0.253. The predicted molar refractivity (Wildman–Crippen MR) is 103 cm³/mol. The Labute approximate surface area is 156 Å². The van der Waals surface area contributed by atoms with Gasteiger partial charge in [0.15, 0.2) is 0 Å². The van der Waals surface area contributed by atoms with E-state index < -0.39 is 0 Å². The number of carbonyl (C=O) groups is 2. The Hall–Kier alpha value is -2.31. The summed E-state index contributed by atoms with van der Waals surface area (Å²) in [7, 11) is 0. The van der Waals surface area contributed by atoms with Crippen LogP contribution in [0.15, 0.2) is 52.3 Å². The van der Waals surface area contributed by atoms with Crippen molar-refractivity contribution in [2.75, 3.05) is 18.4 Å². The van der Waals surface area contributed by atoms with Crippen molar-refractivity contribution in [2.24, 2.45) is 0 Å². The first-order chi connectivity index (χ1) is 12.7. The number of anilines is 1. The molecule has 2 heterocycles. The number of hydrogen-bond donors (Lipinski definition) is 3. The maximum atomic E-state index is 12.5. The summed E-state index contributed by atoms with van der Waals surface area (Å²) >= 11 is 1.54. The molecule has 2 aromatic rings. The van der Waals surface area contributed by atoms with Crippen molar-refractivity contribution in [3.63, 3.8) is 0 Å². The van der Waals surface area contributed by atoms with Gasteiger partial charge >= 0.3 is 0 Å². The van der Waals surface area contributed by atoms with Gasteiger partial charge in [-0.1, -0.05) is 30.3 Å². The lowest BCUT2D eigenvalue weighted by molar-refractivity contribution is 0.0946. The molecule has 0 aromatic heterocycles. The summed E-state index contributed by atoms with van der Waals surface area (Å²) in [4.78, 5) is 26.8. The lowest BCUT2D eigenvalue weighted by Gasteiger charge is -2.23. The molecule has 2 aliphatic rings. The van der Waals surface area contributed by atoms with Gasteiger partial charge in [-0.3, -0.25) is 9.59 Å². The van der Waals surface area contributed by atoms with Gasteiger partial charge in [0.2, 0.25) is 0 Å². The van der Waals surface area contributed by atoms with Gasteiger partial charge in [-0.25, -0.2) is 0 Å². The van der Waals surface area contributed by atoms with Gasteiger partial charge in [0.1, 0.15) is 0 Å². The summed E-state index contributed by atoms with van der Waals surface area (Å²) in [5.41, 5.74) is 1.90. The Morgan fingerprint density at radius 3 is 2.88 bits per heavy atom. The van der Waals surface area contributed by atoms with E-state index in [1.807, 2.05) is 36.4 Å². The molecule has 0 radical (unpaired) electrons. The van der Waals surface area contributed by atoms with E-state index in [1.165, 1.54) is 24.6 Å². The van der Waals surface area contributed by atoms with E-state index in [-0.39, 0.29) is 11.8 Å². The van der Waals surface area contributed by atoms with Crippen molar-refractivity contribution in [3.8, 4) is 0 Å². The second-order valence-corrected chi connectivity index (χ2v) is 7.70. The van der Waals surface area contributed by atoms with E-state index in [4.69, 9.17) is 0 Å². The molecule has 1 unspecified atom stereocenters. The number of hydrogen-bond acceptors (Lipinski definition) is 4. The number of benzene rings is 2. The molecule has 0 aliphatic carbocycles. The molecular formula is C20H21N3O2S. The molecule has 2 amide bonds. The number of nitrogens with one attached hydrogen (secondary N) is 3. The van der Waals surface area contributed by atoms with Crippen LogP contribution in [0, 0.1) is 0 Å². The molecule has 134 valence electrons. The van der Waals surface area contributed by atoms with Crippen LogP contribution in [0.5, 0.6) is 0 Å². The second-order valence-electron chi connectivity index (χ2n) is 6.62. The number of piperidine rings is 1. The molecule has 1 saturated heterocycles. The Morgan fingerprint density at radius 1 is 1.15 bits per heavy atom. The molecule has 5 nitrogen and oxygen atoms in total. The second kappa shape index (κ2) is 7.51. The number of amides is 2. The highest BCUT2D eigenvalue weighted by Gasteiger charge is 2.21. The van der Waals surface area contributed by atoms with Crippen molar-refractivity contribution in [3.05, 3.63) is 53.6 Å². The fourth-order valence-electron chi connectivity index (χ4n) is 3.33. The SMILES string of the molecule is O=C(NCC1CCCCN1)c1ccc2c(c1)NC(=O)c1ccccc1S2. The largest absolute Gasteiger partial charge is 0.350 e. The van der Waals surface area contributed by atoms with Gasteiger partial charge in [-0.15, -0.1) is 0 Å². The number of carbonyl (C=O) groups excluding carboxylic acids is 2. The monoisotopic (exact) mass is 367 g/mol. The molecule has 1 fully saturated rings. The van der Waals surface area contributed by atoms with E-state index in [9.17, 15) is 9.59 Å². The molecule has 1 atom stereocenters. The van der Waals surface area contributed by atoms with E-state index in [0.717, 1.165) is 22.8 Å². The Bertz CT molecular complexity index is 847. The molecule has 26 heavy (non-hydrogen) atoms. The maximum absolute atomic E-state index is 12.5. The zero-order chi connectivity index (χ0) is 17.9. The summed E-state index contributed by atoms with van der Waals surface area (Å²) < 4.78 is 0. The third-order valence-corrected chi connectivity index (χ3v) is 5.91. The van der Waals surface area contributed by atoms with Crippen molar-refractivity contribution in [1.29, 1.82) is 0 Å². The molecular weight excluding hydrogens is 346 g/mol. The Balaban J connectivity index is 1.49. The van der Waals surface area contributed by atoms with Gasteiger partial charge in [0.05, 0.1) is 11.3 Å². The van der Waals surface area contributed by atoms with Crippen LogP contribution >= 0.6 is 11.8 Å². The summed E-state index contributed by atoms with van der Waals surface area (Å²) in [6, 6.07) is 13.3. The molecule has 2 aliphatic heterocycles. The van der Waals surface area contributed by atoms with Crippen molar-refractivity contribution >= 4 is 29.3 Å². The summed E-state index contributed by atoms with van der Waals surface area (Å²) in [5, 5.41) is 9.35. The molecule has 0 bridgehead atoms. The van der Waals surface area contributed by atoms with Crippen LogP contribution in [0.3, 0.4) is 0 Å². The predicted octanol–water partition coefficient (Wildman–Crippen LogP) is 3.28. The van der Waals surface area contributed by atoms with Crippen LogP contribution < -0.4 is 16.0 Å². The van der Waals surface area contributed by atoms with E-state index in [0.29, 0.717) is 29.4 Å². The average Bonchev–Trinajstić information content (AvgIpc) is 2.82. The van der Waals surface area contributed by atoms with Gasteiger partial charge in [-0.05, 0) is 49.7 Å². The van der Waals surface area contributed by atoms with Crippen LogP contribution in [0.25, 0.3) is 0 Å². The van der Waals surface area contributed by atoms with E-state index in [1.54, 1.807) is 6.07 Å². The first-order valence-electron chi connectivity index (χ1n) is 8.94. The molecule has 4 rings (SSSR count). The average molecular weight is 367 g/mol. The van der Waals surface area contributed by atoms with Crippen LogP contribution in [-0.4, -0.2) is 30.9 Å². The third kappa shape index (κ3) is 3.61. The summed E-state index contributed by atoms with van der Waals surface area (Å²) in [6.07, 6.45) is 3.50. The highest BCUT2D eigenvalue weighted by Crippen LogP contribution is 2.38. The Morgan fingerprint density at radius 2 is 2.04 bits per heavy atom. The standard InChI is InChI=1S/C20H21N3O2S/c24-19(22-12-14-5-3-4-10-21-14)13-8-9-18-16(11-13)23-20(25)15-6-1-2-7-17(15)26-18/h1-2,6-9,11,14,21H,3-5,10,12H2,(H,22,24)(H,23,25). The Kier molecular flexibility index (Phi) is 4.95. The number of fused-ring (bicyclic) bond motifs is 2. The van der Waals surface area contributed by atoms with Crippen LogP contribution in [0.4, 0.5) is 5.69 Å². The molecule has 6 heteroatoms. The topological polar surface area (TPSA) is 70.2 Å². The zero-order valence-electron chi connectivity index (χ0n) is 14.4. The molecule has 0 spiro atoms. The number of rotatable bonds is 3. The smallest absolute Gasteiger partial charge is 0.256 e. The lowest BCUT2D eigenvalue weighted by Crippen LogP contribution is -2.43. The lowest BCUT2D eigenvalue weighted by atomic mass is 10.0. The van der Waals surface area contributed by atoms with Crippen molar-refractivity contribution < 1.29 is 9.59 Å². The van der Waals surface area contributed by atoms with Crippen LogP contribution in [-0.2, 0) is 0 Å². The van der Waals surface area contributed by atoms with Crippen molar-refractivity contribution in [2.45, 2.75) is 35.1 Å². The van der Waals surface area contributed by atoms with Gasteiger partial charge in [0.25, 0.3) is 11.8 Å². The first kappa shape index (κ1) is 17.1. The third-order valence-electron chi connectivity index (χ3n) is 4.76. The maximum Gasteiger partial charge on any atom is 0.256 e. The minimum absolute atomic E-state index is 0.110. The zero-order valence-corrected chi connectivity index (χ0v) is 15.2. The minimum Gasteiger partial charge on any atom is -0.350 e.